The number of aromatic nitrogens is 1. The molecule has 8 nitrogen and oxygen atoms in total. The molecule has 4 atom stereocenters. The number of thioether (sulfide) groups is 1. The molecular weight excluding hydrogens is 430 g/mol. The predicted octanol–water partition coefficient (Wildman–Crippen LogP) is 3.06. The Morgan fingerprint density at radius 3 is 2.23 bits per heavy atom. The van der Waals surface area contributed by atoms with Crippen molar-refractivity contribution in [3.8, 4) is 17.0 Å². The topological polar surface area (TPSA) is 101 Å². The molecule has 10 heteroatoms. The maximum atomic E-state index is 11.7. The van der Waals surface area contributed by atoms with E-state index >= 15 is 0 Å². The van der Waals surface area contributed by atoms with Gasteiger partial charge in [0.1, 0.15) is 5.75 Å². The van der Waals surface area contributed by atoms with E-state index in [0.29, 0.717) is 11.5 Å². The van der Waals surface area contributed by atoms with Gasteiger partial charge in [-0.25, -0.2) is 0 Å². The first-order valence-corrected chi connectivity index (χ1v) is 11.1. The number of hydrogen-bond donors (Lipinski definition) is 0. The zero-order chi connectivity index (χ0) is 21.7. The van der Waals surface area contributed by atoms with Crippen LogP contribution in [0.4, 0.5) is 0 Å². The Balaban J connectivity index is 1.80. The maximum Gasteiger partial charge on any atom is 0.303 e. The third-order valence-corrected chi connectivity index (χ3v) is 6.01. The number of rotatable bonds is 6. The van der Waals surface area contributed by atoms with E-state index < -0.39 is 41.7 Å². The number of thiophene rings is 1. The molecule has 0 spiro atoms. The van der Waals surface area contributed by atoms with Crippen molar-refractivity contribution >= 4 is 41.0 Å². The summed E-state index contributed by atoms with van der Waals surface area (Å²) in [5.41, 5.74) is 1.14. The van der Waals surface area contributed by atoms with Gasteiger partial charge in [0.05, 0.1) is 11.9 Å². The SMILES string of the molecule is CC(=O)O[C@H]1[C@H](OC(C)=O)CSC(Oc2ccc(-c3ccsc3)nc2)[C@@H]1OC(C)=O. The average Bonchev–Trinajstić information content (AvgIpc) is 3.20. The molecule has 1 fully saturated rings. The van der Waals surface area contributed by atoms with E-state index in [9.17, 15) is 14.4 Å². The van der Waals surface area contributed by atoms with Gasteiger partial charge in [0.15, 0.2) is 23.7 Å². The molecule has 0 bridgehead atoms. The first-order chi connectivity index (χ1) is 14.3. The number of hydrogen-bond acceptors (Lipinski definition) is 10. The molecule has 0 N–H and O–H groups in total. The van der Waals surface area contributed by atoms with Gasteiger partial charge in [-0.3, -0.25) is 19.4 Å². The summed E-state index contributed by atoms with van der Waals surface area (Å²) in [4.78, 5) is 39.2. The van der Waals surface area contributed by atoms with Crippen LogP contribution in [0.3, 0.4) is 0 Å². The maximum absolute atomic E-state index is 11.7. The van der Waals surface area contributed by atoms with Crippen molar-refractivity contribution in [1.82, 2.24) is 4.98 Å². The summed E-state index contributed by atoms with van der Waals surface area (Å²) in [5.74, 6) is -0.897. The van der Waals surface area contributed by atoms with Crippen LogP contribution in [0.5, 0.6) is 5.75 Å². The molecule has 2 aromatic rings. The highest BCUT2D eigenvalue weighted by atomic mass is 32.2. The zero-order valence-electron chi connectivity index (χ0n) is 16.6. The Bertz CT molecular complexity index is 885. The molecule has 30 heavy (non-hydrogen) atoms. The zero-order valence-corrected chi connectivity index (χ0v) is 18.2. The van der Waals surface area contributed by atoms with Crippen LogP contribution < -0.4 is 4.74 Å². The second-order valence-electron chi connectivity index (χ2n) is 6.51. The minimum atomic E-state index is -0.986. The van der Waals surface area contributed by atoms with E-state index in [0.717, 1.165) is 11.3 Å². The van der Waals surface area contributed by atoms with Gasteiger partial charge < -0.3 is 18.9 Å². The fraction of sp³-hybridized carbons (Fsp3) is 0.400. The van der Waals surface area contributed by atoms with E-state index in [1.807, 2.05) is 22.9 Å². The third-order valence-electron chi connectivity index (χ3n) is 4.11. The summed E-state index contributed by atoms with van der Waals surface area (Å²) in [5, 5.41) is 3.97. The average molecular weight is 452 g/mol. The summed E-state index contributed by atoms with van der Waals surface area (Å²) >= 11 is 2.88. The highest BCUT2D eigenvalue weighted by Gasteiger charge is 2.47. The van der Waals surface area contributed by atoms with Gasteiger partial charge in [0.25, 0.3) is 0 Å². The smallest absolute Gasteiger partial charge is 0.303 e. The number of nitrogens with zero attached hydrogens (tertiary/aromatic N) is 1. The van der Waals surface area contributed by atoms with E-state index in [2.05, 4.69) is 4.98 Å². The van der Waals surface area contributed by atoms with E-state index in [-0.39, 0.29) is 0 Å². The summed E-state index contributed by atoms with van der Waals surface area (Å²) in [6.45, 7) is 3.75. The molecule has 0 aromatic carbocycles. The Kier molecular flexibility index (Phi) is 7.33. The van der Waals surface area contributed by atoms with Crippen LogP contribution in [0.25, 0.3) is 11.3 Å². The van der Waals surface area contributed by atoms with Crippen LogP contribution in [-0.4, -0.2) is 52.4 Å². The van der Waals surface area contributed by atoms with Gasteiger partial charge in [0.2, 0.25) is 0 Å². The first kappa shape index (κ1) is 22.1. The second kappa shape index (κ2) is 9.94. The minimum Gasteiger partial charge on any atom is -0.474 e. The van der Waals surface area contributed by atoms with E-state index in [1.54, 1.807) is 23.6 Å². The molecule has 0 aliphatic carbocycles. The van der Waals surface area contributed by atoms with Crippen molar-refractivity contribution in [2.75, 3.05) is 5.75 Å². The Morgan fingerprint density at radius 1 is 0.967 bits per heavy atom. The lowest BCUT2D eigenvalue weighted by Crippen LogP contribution is -2.55. The molecule has 2 aromatic heterocycles. The Labute approximate surface area is 181 Å². The second-order valence-corrected chi connectivity index (χ2v) is 8.42. The number of ether oxygens (including phenoxy) is 4. The van der Waals surface area contributed by atoms with Crippen molar-refractivity contribution < 1.29 is 33.3 Å². The van der Waals surface area contributed by atoms with Crippen LogP contribution in [0.15, 0.2) is 35.2 Å². The molecule has 160 valence electrons. The van der Waals surface area contributed by atoms with Crippen LogP contribution >= 0.6 is 23.1 Å². The Hall–Kier alpha value is -2.59. The number of carbonyl (C=O) groups is 3. The minimum absolute atomic E-state index is 0.306. The number of pyridine rings is 1. The van der Waals surface area contributed by atoms with Crippen molar-refractivity contribution in [2.24, 2.45) is 0 Å². The first-order valence-electron chi connectivity index (χ1n) is 9.12. The highest BCUT2D eigenvalue weighted by Crippen LogP contribution is 2.34. The standard InChI is InChI=1S/C20H21NO7S2/c1-11(22)25-17-10-30-20(19(27-13(3)24)18(17)26-12(2)23)28-15-4-5-16(21-8-15)14-6-7-29-9-14/h4-9,17-20H,10H2,1-3H3/t17-,18+,19-,20?/m1/s1. The van der Waals surface area contributed by atoms with Crippen LogP contribution in [0.2, 0.25) is 0 Å². The Morgan fingerprint density at radius 2 is 1.67 bits per heavy atom. The van der Waals surface area contributed by atoms with Gasteiger partial charge in [-0.15, -0.1) is 11.8 Å². The fourth-order valence-corrected chi connectivity index (χ4v) is 4.84. The lowest BCUT2D eigenvalue weighted by Gasteiger charge is -2.39. The molecule has 0 saturated carbocycles. The normalized spacial score (nSPS) is 23.3. The van der Waals surface area contributed by atoms with Crippen molar-refractivity contribution in [3.63, 3.8) is 0 Å². The van der Waals surface area contributed by atoms with Gasteiger partial charge in [-0.1, -0.05) is 0 Å². The molecule has 1 unspecified atom stereocenters. The monoisotopic (exact) mass is 451 g/mol. The largest absolute Gasteiger partial charge is 0.474 e. The van der Waals surface area contributed by atoms with Crippen molar-refractivity contribution in [2.45, 2.75) is 44.5 Å². The molecule has 3 heterocycles. The van der Waals surface area contributed by atoms with Gasteiger partial charge in [-0.05, 0) is 23.6 Å². The molecular formula is C20H21NO7S2. The lowest BCUT2D eigenvalue weighted by atomic mass is 10.1. The van der Waals surface area contributed by atoms with Gasteiger partial charge >= 0.3 is 17.9 Å². The summed E-state index contributed by atoms with van der Waals surface area (Å²) in [6.07, 6.45) is -1.14. The molecule has 1 aliphatic rings. The van der Waals surface area contributed by atoms with Crippen LogP contribution in [-0.2, 0) is 28.6 Å². The van der Waals surface area contributed by atoms with Gasteiger partial charge in [0, 0.05) is 37.5 Å². The van der Waals surface area contributed by atoms with Gasteiger partial charge in [-0.2, -0.15) is 11.3 Å². The number of carbonyl (C=O) groups excluding carboxylic acids is 3. The van der Waals surface area contributed by atoms with Crippen molar-refractivity contribution in [1.29, 1.82) is 0 Å². The number of esters is 3. The summed E-state index contributed by atoms with van der Waals surface area (Å²) in [7, 11) is 0. The molecule has 0 amide bonds. The highest BCUT2D eigenvalue weighted by molar-refractivity contribution is 7.99. The summed E-state index contributed by atoms with van der Waals surface area (Å²) < 4.78 is 22.0. The predicted molar refractivity (Wildman–Crippen MR) is 111 cm³/mol. The molecule has 3 rings (SSSR count). The lowest BCUT2D eigenvalue weighted by molar-refractivity contribution is -0.186. The van der Waals surface area contributed by atoms with E-state index in [1.165, 1.54) is 32.5 Å². The fourth-order valence-electron chi connectivity index (χ4n) is 2.98. The third kappa shape index (κ3) is 5.73. The van der Waals surface area contributed by atoms with E-state index in [4.69, 9.17) is 18.9 Å². The molecule has 1 saturated heterocycles. The summed E-state index contributed by atoms with van der Waals surface area (Å²) in [6, 6.07) is 5.57. The molecule has 1 aliphatic heterocycles. The molecule has 0 radical (unpaired) electrons. The quantitative estimate of drug-likeness (QED) is 0.484. The van der Waals surface area contributed by atoms with Crippen LogP contribution in [0, 0.1) is 0 Å². The van der Waals surface area contributed by atoms with Crippen LogP contribution in [0.1, 0.15) is 20.8 Å². The van der Waals surface area contributed by atoms with Crippen molar-refractivity contribution in [3.05, 3.63) is 35.2 Å².